The van der Waals surface area contributed by atoms with Gasteiger partial charge in [0.25, 0.3) is 0 Å². The van der Waals surface area contributed by atoms with Crippen molar-refractivity contribution in [1.29, 1.82) is 0 Å². The van der Waals surface area contributed by atoms with E-state index >= 15 is 0 Å². The fraction of sp³-hybridized carbons (Fsp3) is 0.222. The summed E-state index contributed by atoms with van der Waals surface area (Å²) in [5.74, 6) is -0.184. The van der Waals surface area contributed by atoms with Crippen molar-refractivity contribution in [2.45, 2.75) is 12.8 Å². The molecule has 0 saturated carbocycles. The van der Waals surface area contributed by atoms with Gasteiger partial charge in [-0.2, -0.15) is 0 Å². The highest BCUT2D eigenvalue weighted by atomic mass is 19.1. The molecule has 2 rings (SSSR count). The maximum Gasteiger partial charge on any atom is 0.224 e. The number of ketones is 1. The summed E-state index contributed by atoms with van der Waals surface area (Å²) in [6.07, 6.45) is -0.0305. The molecule has 0 heterocycles. The van der Waals surface area contributed by atoms with Crippen LogP contribution in [0.25, 0.3) is 0 Å². The average Bonchev–Trinajstić information content (AvgIpc) is 2.61. The molecular formula is C18H18FNO4. The van der Waals surface area contributed by atoms with E-state index in [1.165, 1.54) is 32.4 Å². The molecule has 2 aromatic rings. The molecule has 0 aliphatic rings. The first-order valence-electron chi connectivity index (χ1n) is 7.34. The molecular weight excluding hydrogens is 313 g/mol. The van der Waals surface area contributed by atoms with Crippen LogP contribution in [0.5, 0.6) is 11.5 Å². The van der Waals surface area contributed by atoms with E-state index in [0.29, 0.717) is 17.1 Å². The molecule has 0 aliphatic carbocycles. The van der Waals surface area contributed by atoms with Gasteiger partial charge in [-0.25, -0.2) is 4.39 Å². The standard InChI is InChI=1S/C18H18FNO4/c1-23-16-9-7-12(11-17(16)24-2)15(21)8-10-18(22)20-14-6-4-3-5-13(14)19/h3-7,9,11H,8,10H2,1-2H3,(H,20,22). The number of carbonyl (C=O) groups excluding carboxylic acids is 2. The van der Waals surface area contributed by atoms with Gasteiger partial charge in [0.15, 0.2) is 17.3 Å². The van der Waals surface area contributed by atoms with Gasteiger partial charge in [0.1, 0.15) is 5.82 Å². The first-order chi connectivity index (χ1) is 11.5. The molecule has 0 bridgehead atoms. The van der Waals surface area contributed by atoms with Crippen molar-refractivity contribution in [2.75, 3.05) is 19.5 Å². The number of para-hydroxylation sites is 1. The van der Waals surface area contributed by atoms with Crippen LogP contribution in [0.3, 0.4) is 0 Å². The van der Waals surface area contributed by atoms with Crippen molar-refractivity contribution < 1.29 is 23.5 Å². The molecule has 0 radical (unpaired) electrons. The molecule has 0 unspecified atom stereocenters. The summed E-state index contributed by atoms with van der Waals surface area (Å²) in [6, 6.07) is 10.7. The average molecular weight is 331 g/mol. The van der Waals surface area contributed by atoms with Gasteiger partial charge in [0, 0.05) is 18.4 Å². The highest BCUT2D eigenvalue weighted by Crippen LogP contribution is 2.28. The Kier molecular flexibility index (Phi) is 5.89. The van der Waals surface area contributed by atoms with Gasteiger partial charge in [-0.15, -0.1) is 0 Å². The minimum atomic E-state index is -0.517. The van der Waals surface area contributed by atoms with Crippen LogP contribution in [0.15, 0.2) is 42.5 Å². The highest BCUT2D eigenvalue weighted by molar-refractivity contribution is 6.00. The topological polar surface area (TPSA) is 64.6 Å². The number of rotatable bonds is 7. The van der Waals surface area contributed by atoms with Gasteiger partial charge in [0.05, 0.1) is 19.9 Å². The zero-order valence-electron chi connectivity index (χ0n) is 13.5. The Morgan fingerprint density at radius 2 is 1.71 bits per heavy atom. The molecule has 0 aliphatic heterocycles. The van der Waals surface area contributed by atoms with Crippen LogP contribution in [0.1, 0.15) is 23.2 Å². The number of hydrogen-bond acceptors (Lipinski definition) is 4. The minimum Gasteiger partial charge on any atom is -0.493 e. The van der Waals surface area contributed by atoms with Gasteiger partial charge in [-0.05, 0) is 30.3 Å². The predicted molar refractivity (Wildman–Crippen MR) is 88.1 cm³/mol. The number of nitrogens with one attached hydrogen (secondary N) is 1. The fourth-order valence-corrected chi connectivity index (χ4v) is 2.16. The van der Waals surface area contributed by atoms with Crippen LogP contribution in [-0.4, -0.2) is 25.9 Å². The zero-order valence-corrected chi connectivity index (χ0v) is 13.5. The van der Waals surface area contributed by atoms with Crippen molar-refractivity contribution in [2.24, 2.45) is 0 Å². The molecule has 24 heavy (non-hydrogen) atoms. The Labute approximate surface area is 139 Å². The van der Waals surface area contributed by atoms with Gasteiger partial charge in [0.2, 0.25) is 5.91 Å². The van der Waals surface area contributed by atoms with Gasteiger partial charge in [-0.1, -0.05) is 12.1 Å². The maximum atomic E-state index is 13.5. The van der Waals surface area contributed by atoms with Crippen LogP contribution in [0.4, 0.5) is 10.1 Å². The monoisotopic (exact) mass is 331 g/mol. The summed E-state index contributed by atoms with van der Waals surface area (Å²) in [5.41, 5.74) is 0.521. The number of carbonyl (C=O) groups is 2. The molecule has 0 aromatic heterocycles. The Bertz CT molecular complexity index is 746. The number of Topliss-reactive ketones (excluding diaryl/α,β-unsaturated/α-hetero) is 1. The third-order valence-corrected chi connectivity index (χ3v) is 3.43. The molecule has 0 fully saturated rings. The second-order valence-corrected chi connectivity index (χ2v) is 5.02. The summed E-state index contributed by atoms with van der Waals surface area (Å²) in [5, 5.41) is 2.45. The number of anilines is 1. The Balaban J connectivity index is 1.95. The van der Waals surface area contributed by atoms with Gasteiger partial charge in [-0.3, -0.25) is 9.59 Å². The molecule has 5 nitrogen and oxygen atoms in total. The summed E-state index contributed by atoms with van der Waals surface area (Å²) >= 11 is 0. The molecule has 126 valence electrons. The van der Waals surface area contributed by atoms with E-state index in [4.69, 9.17) is 9.47 Å². The van der Waals surface area contributed by atoms with Crippen molar-refractivity contribution in [3.63, 3.8) is 0 Å². The molecule has 0 spiro atoms. The first kappa shape index (κ1) is 17.5. The Morgan fingerprint density at radius 1 is 1.00 bits per heavy atom. The SMILES string of the molecule is COc1ccc(C(=O)CCC(=O)Nc2ccccc2F)cc1OC. The molecule has 2 aromatic carbocycles. The third kappa shape index (κ3) is 4.32. The van der Waals surface area contributed by atoms with Crippen LogP contribution in [0.2, 0.25) is 0 Å². The van der Waals surface area contributed by atoms with Crippen LogP contribution >= 0.6 is 0 Å². The molecule has 1 amide bonds. The van der Waals surface area contributed by atoms with E-state index in [9.17, 15) is 14.0 Å². The van der Waals surface area contributed by atoms with Crippen molar-refractivity contribution in [1.82, 2.24) is 0 Å². The number of methoxy groups -OCH3 is 2. The van der Waals surface area contributed by atoms with E-state index in [-0.39, 0.29) is 24.3 Å². The van der Waals surface area contributed by atoms with Crippen LogP contribution in [0, 0.1) is 5.82 Å². The number of halogens is 1. The number of hydrogen-bond donors (Lipinski definition) is 1. The third-order valence-electron chi connectivity index (χ3n) is 3.43. The quantitative estimate of drug-likeness (QED) is 0.789. The van der Waals surface area contributed by atoms with Crippen molar-refractivity contribution in [3.05, 3.63) is 53.8 Å². The largest absolute Gasteiger partial charge is 0.493 e. The normalized spacial score (nSPS) is 10.1. The second kappa shape index (κ2) is 8.10. The number of benzene rings is 2. The van der Waals surface area contributed by atoms with E-state index in [1.807, 2.05) is 0 Å². The lowest BCUT2D eigenvalue weighted by molar-refractivity contribution is -0.116. The Hall–Kier alpha value is -2.89. The lowest BCUT2D eigenvalue weighted by Gasteiger charge is -2.09. The van der Waals surface area contributed by atoms with Crippen molar-refractivity contribution in [3.8, 4) is 11.5 Å². The molecule has 6 heteroatoms. The molecule has 1 N–H and O–H groups in total. The first-order valence-corrected chi connectivity index (χ1v) is 7.34. The van der Waals surface area contributed by atoms with Crippen LogP contribution < -0.4 is 14.8 Å². The number of amides is 1. The second-order valence-electron chi connectivity index (χ2n) is 5.02. The lowest BCUT2D eigenvalue weighted by atomic mass is 10.1. The van der Waals surface area contributed by atoms with E-state index in [1.54, 1.807) is 24.3 Å². The summed E-state index contributed by atoms with van der Waals surface area (Å²) in [7, 11) is 2.99. The van der Waals surface area contributed by atoms with Crippen molar-refractivity contribution >= 4 is 17.4 Å². The van der Waals surface area contributed by atoms with E-state index in [2.05, 4.69) is 5.32 Å². The van der Waals surface area contributed by atoms with Crippen LogP contribution in [-0.2, 0) is 4.79 Å². The zero-order chi connectivity index (χ0) is 17.5. The predicted octanol–water partition coefficient (Wildman–Crippen LogP) is 3.44. The van der Waals surface area contributed by atoms with Gasteiger partial charge < -0.3 is 14.8 Å². The lowest BCUT2D eigenvalue weighted by Crippen LogP contribution is -2.14. The maximum absolute atomic E-state index is 13.5. The summed E-state index contributed by atoms with van der Waals surface area (Å²) < 4.78 is 23.7. The fourth-order valence-electron chi connectivity index (χ4n) is 2.16. The minimum absolute atomic E-state index is 0.00969. The highest BCUT2D eigenvalue weighted by Gasteiger charge is 2.13. The number of ether oxygens (including phenoxy) is 2. The smallest absolute Gasteiger partial charge is 0.224 e. The summed E-state index contributed by atoms with van der Waals surface area (Å²) in [6.45, 7) is 0. The Morgan fingerprint density at radius 3 is 2.38 bits per heavy atom. The van der Waals surface area contributed by atoms with Gasteiger partial charge >= 0.3 is 0 Å². The summed E-state index contributed by atoms with van der Waals surface area (Å²) in [4.78, 5) is 24.0. The van der Waals surface area contributed by atoms with E-state index in [0.717, 1.165) is 0 Å². The van der Waals surface area contributed by atoms with E-state index < -0.39 is 11.7 Å². The molecule has 0 atom stereocenters. The molecule has 0 saturated heterocycles.